The van der Waals surface area contributed by atoms with Gasteiger partial charge in [0.15, 0.2) is 0 Å². The van der Waals surface area contributed by atoms with Gasteiger partial charge in [-0.3, -0.25) is 9.10 Å². The van der Waals surface area contributed by atoms with E-state index >= 15 is 0 Å². The van der Waals surface area contributed by atoms with Crippen molar-refractivity contribution in [1.29, 1.82) is 0 Å². The van der Waals surface area contributed by atoms with Crippen molar-refractivity contribution >= 4 is 33.4 Å². The van der Waals surface area contributed by atoms with Crippen molar-refractivity contribution in [3.8, 4) is 5.75 Å². The second kappa shape index (κ2) is 12.6. The number of halogens is 2. The molecule has 6 nitrogen and oxygen atoms in total. The largest absolute Gasteiger partial charge is 0.497 e. The Bertz CT molecular complexity index is 1240. The van der Waals surface area contributed by atoms with Crippen LogP contribution in [0.4, 0.5) is 14.5 Å². The molecule has 0 aromatic heterocycles. The van der Waals surface area contributed by atoms with E-state index in [0.717, 1.165) is 10.4 Å². The molecule has 3 aromatic carbocycles. The minimum absolute atomic E-state index is 0.0982. The number of benzene rings is 3. The average molecular weight is 521 g/mol. The van der Waals surface area contributed by atoms with Crippen molar-refractivity contribution in [3.05, 3.63) is 90.0 Å². The van der Waals surface area contributed by atoms with Gasteiger partial charge in [0.1, 0.15) is 23.9 Å². The molecular formula is C25H26F2N2O4S2. The highest BCUT2D eigenvalue weighted by Gasteiger charge is 2.29. The molecule has 186 valence electrons. The van der Waals surface area contributed by atoms with E-state index < -0.39 is 28.3 Å². The van der Waals surface area contributed by atoms with Gasteiger partial charge in [0.2, 0.25) is 5.91 Å². The summed E-state index contributed by atoms with van der Waals surface area (Å²) in [5, 5.41) is 2.68. The van der Waals surface area contributed by atoms with E-state index in [1.165, 1.54) is 67.4 Å². The number of methoxy groups -OCH3 is 1. The van der Waals surface area contributed by atoms with E-state index in [9.17, 15) is 22.0 Å². The van der Waals surface area contributed by atoms with E-state index in [-0.39, 0.29) is 16.4 Å². The fourth-order valence-electron chi connectivity index (χ4n) is 3.21. The molecule has 0 aliphatic carbocycles. The molecule has 0 unspecified atom stereocenters. The third kappa shape index (κ3) is 7.19. The number of carbonyl (C=O) groups excluding carboxylic acids is 1. The quantitative estimate of drug-likeness (QED) is 0.353. The maximum atomic E-state index is 14.5. The Morgan fingerprint density at radius 3 is 2.29 bits per heavy atom. The minimum atomic E-state index is -4.23. The topological polar surface area (TPSA) is 75.7 Å². The maximum absolute atomic E-state index is 14.5. The van der Waals surface area contributed by atoms with E-state index in [1.54, 1.807) is 18.2 Å². The zero-order valence-corrected chi connectivity index (χ0v) is 20.7. The van der Waals surface area contributed by atoms with E-state index in [1.807, 2.05) is 0 Å². The average Bonchev–Trinajstić information content (AvgIpc) is 2.86. The van der Waals surface area contributed by atoms with Gasteiger partial charge < -0.3 is 10.1 Å². The predicted octanol–water partition coefficient (Wildman–Crippen LogP) is 4.61. The zero-order valence-electron chi connectivity index (χ0n) is 19.1. The number of anilines is 1. The Morgan fingerprint density at radius 1 is 0.971 bits per heavy atom. The van der Waals surface area contributed by atoms with Crippen LogP contribution in [0.3, 0.4) is 0 Å². The summed E-state index contributed by atoms with van der Waals surface area (Å²) in [6, 6.07) is 17.6. The molecule has 0 saturated carbocycles. The zero-order chi connectivity index (χ0) is 25.3. The number of nitrogens with one attached hydrogen (secondary N) is 1. The number of rotatable bonds is 12. The summed E-state index contributed by atoms with van der Waals surface area (Å²) in [6.45, 7) is -0.283. The molecule has 10 heteroatoms. The summed E-state index contributed by atoms with van der Waals surface area (Å²) < 4.78 is 60.6. The smallest absolute Gasteiger partial charge is 0.264 e. The SMILES string of the molecule is COc1ccc(S(=O)(=O)N(CC(=O)NCCCSCc2ccccc2F)c2ccccc2F)cc1. The normalized spacial score (nSPS) is 11.2. The number of thioether (sulfide) groups is 1. The number of hydrogen-bond acceptors (Lipinski definition) is 5. The van der Waals surface area contributed by atoms with Gasteiger partial charge in [0, 0.05) is 12.3 Å². The van der Waals surface area contributed by atoms with Crippen molar-refractivity contribution in [2.75, 3.05) is 30.3 Å². The summed E-state index contributed by atoms with van der Waals surface area (Å²) >= 11 is 1.53. The van der Waals surface area contributed by atoms with Gasteiger partial charge in [-0.1, -0.05) is 30.3 Å². The van der Waals surface area contributed by atoms with Gasteiger partial charge in [-0.05, 0) is 60.2 Å². The lowest BCUT2D eigenvalue weighted by molar-refractivity contribution is -0.119. The fraction of sp³-hybridized carbons (Fsp3) is 0.240. The van der Waals surface area contributed by atoms with Crippen LogP contribution in [0.15, 0.2) is 77.7 Å². The number of nitrogens with zero attached hydrogens (tertiary/aromatic N) is 1. The van der Waals surface area contributed by atoms with Crippen molar-refractivity contribution in [2.24, 2.45) is 0 Å². The third-order valence-corrected chi connectivity index (χ3v) is 7.93. The molecule has 0 saturated heterocycles. The first kappa shape index (κ1) is 26.5. The monoisotopic (exact) mass is 520 g/mol. The Labute approximate surface area is 208 Å². The molecule has 0 radical (unpaired) electrons. The van der Waals surface area contributed by atoms with Crippen LogP contribution in [0.25, 0.3) is 0 Å². The van der Waals surface area contributed by atoms with Crippen molar-refractivity contribution in [1.82, 2.24) is 5.32 Å². The summed E-state index contributed by atoms with van der Waals surface area (Å²) in [6.07, 6.45) is 0.607. The van der Waals surface area contributed by atoms with Crippen LogP contribution >= 0.6 is 11.8 Å². The van der Waals surface area contributed by atoms with Gasteiger partial charge >= 0.3 is 0 Å². The first-order chi connectivity index (χ1) is 16.8. The molecule has 0 aliphatic rings. The Balaban J connectivity index is 1.61. The van der Waals surface area contributed by atoms with Gasteiger partial charge in [0.05, 0.1) is 17.7 Å². The van der Waals surface area contributed by atoms with Crippen LogP contribution < -0.4 is 14.4 Å². The predicted molar refractivity (Wildman–Crippen MR) is 134 cm³/mol. The molecule has 0 bridgehead atoms. The summed E-state index contributed by atoms with van der Waals surface area (Å²) in [7, 11) is -2.78. The highest BCUT2D eigenvalue weighted by molar-refractivity contribution is 7.98. The van der Waals surface area contributed by atoms with Crippen LogP contribution in [0, 0.1) is 11.6 Å². The Morgan fingerprint density at radius 2 is 1.63 bits per heavy atom. The third-order valence-electron chi connectivity index (χ3n) is 5.06. The van der Waals surface area contributed by atoms with Crippen molar-refractivity contribution < 1.29 is 26.7 Å². The Hall–Kier alpha value is -3.11. The number of carbonyl (C=O) groups is 1. The number of hydrogen-bond donors (Lipinski definition) is 1. The molecule has 1 N–H and O–H groups in total. The number of ether oxygens (including phenoxy) is 1. The van der Waals surface area contributed by atoms with E-state index in [0.29, 0.717) is 35.8 Å². The van der Waals surface area contributed by atoms with E-state index in [4.69, 9.17) is 4.74 Å². The van der Waals surface area contributed by atoms with Crippen LogP contribution in [-0.2, 0) is 20.6 Å². The number of para-hydroxylation sites is 1. The summed E-state index contributed by atoms with van der Waals surface area (Å²) in [5.74, 6) is 0.0791. The van der Waals surface area contributed by atoms with Crippen LogP contribution in [0.1, 0.15) is 12.0 Å². The highest BCUT2D eigenvalue weighted by atomic mass is 32.2. The Kier molecular flexibility index (Phi) is 9.50. The molecule has 0 heterocycles. The van der Waals surface area contributed by atoms with Gasteiger partial charge in [-0.25, -0.2) is 17.2 Å². The molecule has 0 fully saturated rings. The van der Waals surface area contributed by atoms with Crippen LogP contribution in [-0.4, -0.2) is 40.3 Å². The second-order valence-corrected chi connectivity index (χ2v) is 10.5. The minimum Gasteiger partial charge on any atom is -0.497 e. The first-order valence-corrected chi connectivity index (χ1v) is 13.4. The number of amides is 1. The van der Waals surface area contributed by atoms with Gasteiger partial charge in [-0.15, -0.1) is 0 Å². The van der Waals surface area contributed by atoms with Gasteiger partial charge in [0.25, 0.3) is 10.0 Å². The lowest BCUT2D eigenvalue weighted by Gasteiger charge is -2.24. The van der Waals surface area contributed by atoms with Crippen molar-refractivity contribution in [2.45, 2.75) is 17.1 Å². The molecule has 0 atom stereocenters. The summed E-state index contributed by atoms with van der Waals surface area (Å²) in [5.41, 5.74) is 0.393. The van der Waals surface area contributed by atoms with Gasteiger partial charge in [-0.2, -0.15) is 11.8 Å². The molecule has 0 aliphatic heterocycles. The standard InChI is InChI=1S/C25H26F2N2O4S2/c1-33-20-11-13-21(14-12-20)35(31,32)29(24-10-5-4-9-23(24)27)17-25(30)28-15-6-16-34-18-19-7-2-3-8-22(19)26/h2-5,7-14H,6,15-18H2,1H3,(H,28,30). The lowest BCUT2D eigenvalue weighted by Crippen LogP contribution is -2.41. The summed E-state index contributed by atoms with van der Waals surface area (Å²) in [4.78, 5) is 12.5. The lowest BCUT2D eigenvalue weighted by atomic mass is 10.2. The maximum Gasteiger partial charge on any atom is 0.264 e. The molecule has 3 rings (SSSR count). The molecule has 1 amide bonds. The number of sulfonamides is 1. The van der Waals surface area contributed by atoms with Crippen LogP contribution in [0.5, 0.6) is 5.75 Å². The van der Waals surface area contributed by atoms with E-state index in [2.05, 4.69) is 5.32 Å². The molecule has 0 spiro atoms. The first-order valence-electron chi connectivity index (χ1n) is 10.8. The van der Waals surface area contributed by atoms with Crippen molar-refractivity contribution in [3.63, 3.8) is 0 Å². The molecule has 3 aromatic rings. The highest BCUT2D eigenvalue weighted by Crippen LogP contribution is 2.27. The van der Waals surface area contributed by atoms with Crippen LogP contribution in [0.2, 0.25) is 0 Å². The molecular weight excluding hydrogens is 494 g/mol. The fourth-order valence-corrected chi connectivity index (χ4v) is 5.59. The molecule has 35 heavy (non-hydrogen) atoms. The second-order valence-electron chi connectivity index (χ2n) is 7.49.